The third-order valence-electron chi connectivity index (χ3n) is 3.30. The molecule has 0 bridgehead atoms. The summed E-state index contributed by atoms with van der Waals surface area (Å²) in [4.78, 5) is 15.9. The van der Waals surface area contributed by atoms with E-state index in [-0.39, 0.29) is 17.6 Å². The van der Waals surface area contributed by atoms with Crippen molar-refractivity contribution in [3.05, 3.63) is 32.4 Å². The fraction of sp³-hybridized carbons (Fsp3) is 0.333. The first-order chi connectivity index (χ1) is 11.8. The van der Waals surface area contributed by atoms with E-state index in [9.17, 15) is 4.79 Å². The monoisotopic (exact) mass is 494 g/mol. The molecule has 1 aliphatic heterocycles. The van der Waals surface area contributed by atoms with Crippen LogP contribution in [0.1, 0.15) is 12.0 Å². The molecule has 0 saturated carbocycles. The van der Waals surface area contributed by atoms with Gasteiger partial charge in [0.1, 0.15) is 5.75 Å². The van der Waals surface area contributed by atoms with E-state index in [1.165, 1.54) is 0 Å². The van der Waals surface area contributed by atoms with Crippen LogP contribution in [0.25, 0.3) is 6.08 Å². The molecule has 136 valence electrons. The van der Waals surface area contributed by atoms with Gasteiger partial charge in [-0.25, -0.2) is 0 Å². The summed E-state index contributed by atoms with van der Waals surface area (Å²) in [6.07, 6.45) is 1.45. The van der Waals surface area contributed by atoms with Gasteiger partial charge in [-0.2, -0.15) is 0 Å². The zero-order chi connectivity index (χ0) is 18.6. The summed E-state index contributed by atoms with van der Waals surface area (Å²) in [6, 6.07) is 3.63. The molecule has 1 saturated heterocycles. The molecule has 0 spiro atoms. The van der Waals surface area contributed by atoms with Gasteiger partial charge in [-0.1, -0.05) is 0 Å². The summed E-state index contributed by atoms with van der Waals surface area (Å²) in [7, 11) is 1.57. The molecule has 25 heavy (non-hydrogen) atoms. The van der Waals surface area contributed by atoms with Gasteiger partial charge in [-0.05, 0) is 62.1 Å². The average Bonchev–Trinajstić information content (AvgIpc) is 2.87. The van der Waals surface area contributed by atoms with E-state index >= 15 is 0 Å². The van der Waals surface area contributed by atoms with E-state index in [1.54, 1.807) is 13.2 Å². The summed E-state index contributed by atoms with van der Waals surface area (Å²) in [5.41, 5.74) is 11.3. The fourth-order valence-corrected chi connectivity index (χ4v) is 3.92. The van der Waals surface area contributed by atoms with Gasteiger partial charge >= 0.3 is 0 Å². The number of alkyl halides is 1. The van der Waals surface area contributed by atoms with E-state index < -0.39 is 11.6 Å². The Morgan fingerprint density at radius 3 is 2.68 bits per heavy atom. The topological polar surface area (TPSA) is 112 Å². The molecular weight excluding hydrogens is 479 g/mol. The minimum Gasteiger partial charge on any atom is -0.494 e. The van der Waals surface area contributed by atoms with Crippen LogP contribution in [0, 0.1) is 0 Å². The Labute approximate surface area is 167 Å². The summed E-state index contributed by atoms with van der Waals surface area (Å²) in [5, 5.41) is 2.23. The van der Waals surface area contributed by atoms with E-state index in [4.69, 9.17) is 32.5 Å². The Hall–Kier alpha value is -1.45. The highest BCUT2D eigenvalue weighted by atomic mass is 79.9. The number of nitrogens with zero attached hydrogens (tertiary/aromatic N) is 1. The predicted octanol–water partition coefficient (Wildman–Crippen LogP) is 2.30. The van der Waals surface area contributed by atoms with Crippen LogP contribution < -0.4 is 21.5 Å². The molecule has 1 aliphatic rings. The zero-order valence-electron chi connectivity index (χ0n) is 13.3. The van der Waals surface area contributed by atoms with Crippen molar-refractivity contribution in [3.63, 3.8) is 0 Å². The van der Waals surface area contributed by atoms with Crippen molar-refractivity contribution >= 4 is 61.4 Å². The number of nitrogens with one attached hydrogen (secondary N) is 1. The second-order valence-corrected chi connectivity index (χ2v) is 7.42. The maximum Gasteiger partial charge on any atom is 0.289 e. The third kappa shape index (κ3) is 5.26. The van der Waals surface area contributed by atoms with Crippen molar-refractivity contribution in [1.82, 2.24) is 5.32 Å². The van der Waals surface area contributed by atoms with Gasteiger partial charge in [0.2, 0.25) is 0 Å². The standard InChI is InChI=1S/C15H17Br2ClN4O3/c1-24-12-8(16)4-7(5-9(12)17)6-11-13(23)22-14(25-11)10(18)2-3-21-15(19)20/h4-6,10,14H,2-3H2,1H3,(H,22,23)(H4,19,20,21)/t10-,14-/m0/s1. The number of benzene rings is 1. The number of hydrogen-bond acceptors (Lipinski definition) is 4. The minimum atomic E-state index is -0.639. The third-order valence-corrected chi connectivity index (χ3v) is 4.93. The smallest absolute Gasteiger partial charge is 0.289 e. The summed E-state index contributed by atoms with van der Waals surface area (Å²) in [5.74, 6) is 0.510. The van der Waals surface area contributed by atoms with E-state index in [2.05, 4.69) is 42.2 Å². The molecule has 0 aliphatic carbocycles. The Bertz CT molecular complexity index is 700. The number of guanidine groups is 1. The van der Waals surface area contributed by atoms with Gasteiger partial charge in [-0.15, -0.1) is 11.6 Å². The first-order valence-corrected chi connectivity index (χ1v) is 9.25. The lowest BCUT2D eigenvalue weighted by atomic mass is 10.2. The van der Waals surface area contributed by atoms with E-state index in [1.807, 2.05) is 12.1 Å². The highest BCUT2D eigenvalue weighted by molar-refractivity contribution is 9.11. The van der Waals surface area contributed by atoms with Crippen molar-refractivity contribution in [2.75, 3.05) is 13.7 Å². The van der Waals surface area contributed by atoms with Gasteiger partial charge in [0.05, 0.1) is 21.4 Å². The molecule has 2 rings (SSSR count). The first-order valence-electron chi connectivity index (χ1n) is 7.23. The highest BCUT2D eigenvalue weighted by Gasteiger charge is 2.33. The second kappa shape index (κ2) is 8.77. The van der Waals surface area contributed by atoms with Gasteiger partial charge in [-0.3, -0.25) is 9.79 Å². The molecule has 1 aromatic rings. The van der Waals surface area contributed by atoms with Crippen LogP contribution in [0.4, 0.5) is 0 Å². The quantitative estimate of drug-likeness (QED) is 0.242. The normalized spacial score (nSPS) is 19.3. The minimum absolute atomic E-state index is 0.00325. The molecule has 1 aromatic carbocycles. The second-order valence-electron chi connectivity index (χ2n) is 5.15. The van der Waals surface area contributed by atoms with Crippen LogP contribution in [-0.2, 0) is 9.53 Å². The molecular formula is C15H17Br2ClN4O3. The molecule has 5 N–H and O–H groups in total. The molecule has 1 heterocycles. The highest BCUT2D eigenvalue weighted by Crippen LogP contribution is 2.35. The number of ether oxygens (including phenoxy) is 2. The maximum absolute atomic E-state index is 12.1. The van der Waals surface area contributed by atoms with Crippen LogP contribution in [0.3, 0.4) is 0 Å². The fourth-order valence-electron chi connectivity index (χ4n) is 2.16. The molecule has 2 atom stereocenters. The lowest BCUT2D eigenvalue weighted by Gasteiger charge is -2.15. The predicted molar refractivity (Wildman–Crippen MR) is 104 cm³/mol. The Kier molecular flexibility index (Phi) is 6.97. The zero-order valence-corrected chi connectivity index (χ0v) is 17.2. The van der Waals surface area contributed by atoms with E-state index in [0.29, 0.717) is 18.7 Å². The number of nitrogens with two attached hydrogens (primary N) is 2. The summed E-state index contributed by atoms with van der Waals surface area (Å²) >= 11 is 13.1. The summed E-state index contributed by atoms with van der Waals surface area (Å²) < 4.78 is 12.4. The van der Waals surface area contributed by atoms with Crippen molar-refractivity contribution in [1.29, 1.82) is 0 Å². The molecule has 10 heteroatoms. The van der Waals surface area contributed by atoms with E-state index in [0.717, 1.165) is 14.5 Å². The lowest BCUT2D eigenvalue weighted by molar-refractivity contribution is -0.116. The molecule has 7 nitrogen and oxygen atoms in total. The Morgan fingerprint density at radius 1 is 1.48 bits per heavy atom. The molecule has 1 fully saturated rings. The van der Waals surface area contributed by atoms with Crippen LogP contribution in [0.15, 0.2) is 31.8 Å². The number of hydrogen-bond donors (Lipinski definition) is 3. The Balaban J connectivity index is 2.09. The number of halogens is 3. The molecule has 0 aromatic heterocycles. The van der Waals surface area contributed by atoms with Gasteiger partial charge in [0.15, 0.2) is 17.9 Å². The molecule has 0 radical (unpaired) electrons. The number of aliphatic imine (C=N–C) groups is 1. The van der Waals surface area contributed by atoms with Crippen LogP contribution in [0.5, 0.6) is 5.75 Å². The van der Waals surface area contributed by atoms with Gasteiger partial charge in [0, 0.05) is 6.54 Å². The summed E-state index contributed by atoms with van der Waals surface area (Å²) in [6.45, 7) is 0.351. The van der Waals surface area contributed by atoms with Crippen LogP contribution in [0.2, 0.25) is 0 Å². The molecule has 0 unspecified atom stereocenters. The molecule has 1 amide bonds. The largest absolute Gasteiger partial charge is 0.494 e. The van der Waals surface area contributed by atoms with Crippen molar-refractivity contribution in [2.24, 2.45) is 16.5 Å². The number of amides is 1. The van der Waals surface area contributed by atoms with Crippen LogP contribution >= 0.6 is 43.5 Å². The van der Waals surface area contributed by atoms with Gasteiger partial charge in [0.25, 0.3) is 5.91 Å². The van der Waals surface area contributed by atoms with Crippen molar-refractivity contribution in [2.45, 2.75) is 18.0 Å². The lowest BCUT2D eigenvalue weighted by Crippen LogP contribution is -2.35. The number of methoxy groups -OCH3 is 1. The van der Waals surface area contributed by atoms with Gasteiger partial charge < -0.3 is 26.3 Å². The Morgan fingerprint density at radius 2 is 2.12 bits per heavy atom. The average molecular weight is 497 g/mol. The van der Waals surface area contributed by atoms with Crippen LogP contribution in [-0.4, -0.2) is 37.1 Å². The SMILES string of the molecule is COc1c(Br)cc(C=C2O[C@@H]([C@@H](Cl)CCN=C(N)N)NC2=O)cc1Br. The van der Waals surface area contributed by atoms with Crippen molar-refractivity contribution in [3.8, 4) is 5.75 Å². The first kappa shape index (κ1) is 19.9. The maximum atomic E-state index is 12.1. The number of rotatable bonds is 6. The number of carbonyl (C=O) groups is 1. The number of carbonyl (C=O) groups excluding carboxylic acids is 1. The van der Waals surface area contributed by atoms with Crippen molar-refractivity contribution < 1.29 is 14.3 Å².